The van der Waals surface area contributed by atoms with Crippen LogP contribution in [0.2, 0.25) is 5.02 Å². The van der Waals surface area contributed by atoms with E-state index in [9.17, 15) is 0 Å². The fourth-order valence-corrected chi connectivity index (χ4v) is 3.42. The van der Waals surface area contributed by atoms with Crippen molar-refractivity contribution in [1.82, 2.24) is 15.6 Å². The molecule has 2 aromatic rings. The third kappa shape index (κ3) is 6.22. The van der Waals surface area contributed by atoms with Crippen molar-refractivity contribution >= 4 is 47.4 Å². The van der Waals surface area contributed by atoms with Gasteiger partial charge in [0.05, 0.1) is 11.6 Å². The van der Waals surface area contributed by atoms with E-state index in [0.717, 1.165) is 37.8 Å². The fraction of sp³-hybridized carbons (Fsp3) is 0.400. The van der Waals surface area contributed by atoms with Crippen LogP contribution in [0.3, 0.4) is 0 Å². The molecular weight excluding hydrogens is 489 g/mol. The maximum absolute atomic E-state index is 6.26. The molecule has 1 saturated heterocycles. The lowest BCUT2D eigenvalue weighted by molar-refractivity contribution is 0.185. The molecule has 8 heteroatoms. The van der Waals surface area contributed by atoms with Crippen LogP contribution in [0.25, 0.3) is 0 Å². The Balaban J connectivity index is 0.00000280. The van der Waals surface area contributed by atoms with E-state index >= 15 is 0 Å². The van der Waals surface area contributed by atoms with Crippen molar-refractivity contribution in [3.05, 3.63) is 58.7 Å². The maximum atomic E-state index is 6.26. The van der Waals surface area contributed by atoms with Crippen LogP contribution >= 0.6 is 35.6 Å². The number of aliphatic imine (C=N–C) groups is 1. The second-order valence-corrected chi connectivity index (χ2v) is 6.97. The lowest BCUT2D eigenvalue weighted by atomic mass is 10.1. The standard InChI is InChI=1S/C20H26ClN5O.HI/c1-22-20(24-12-15-5-7-16(8-6-15)14-27-2)25-17-9-11-26(13-17)19-18(21)4-3-10-23-19;/h3-8,10,17H,9,11-14H2,1-2H3,(H2,22,24,25);1H. The lowest BCUT2D eigenvalue weighted by Crippen LogP contribution is -2.44. The molecule has 0 spiro atoms. The van der Waals surface area contributed by atoms with Crippen molar-refractivity contribution in [1.29, 1.82) is 0 Å². The number of aromatic nitrogens is 1. The number of hydrogen-bond acceptors (Lipinski definition) is 4. The van der Waals surface area contributed by atoms with Gasteiger partial charge in [0.25, 0.3) is 0 Å². The van der Waals surface area contributed by atoms with E-state index in [1.165, 1.54) is 11.1 Å². The van der Waals surface area contributed by atoms with Crippen molar-refractivity contribution in [2.45, 2.75) is 25.6 Å². The van der Waals surface area contributed by atoms with Gasteiger partial charge in [-0.3, -0.25) is 4.99 Å². The molecular formula is C20H27ClIN5O. The Morgan fingerprint density at radius 1 is 1.29 bits per heavy atom. The van der Waals surface area contributed by atoms with E-state index in [0.29, 0.717) is 17.7 Å². The average molecular weight is 516 g/mol. The van der Waals surface area contributed by atoms with Gasteiger partial charge in [0.15, 0.2) is 5.96 Å². The quantitative estimate of drug-likeness (QED) is 0.351. The number of nitrogens with one attached hydrogen (secondary N) is 2. The van der Waals surface area contributed by atoms with Crippen molar-refractivity contribution in [2.75, 3.05) is 32.1 Å². The minimum absolute atomic E-state index is 0. The molecule has 1 aromatic heterocycles. The lowest BCUT2D eigenvalue weighted by Gasteiger charge is -2.20. The molecule has 0 saturated carbocycles. The Kier molecular flexibility index (Phi) is 9.27. The Hall–Kier alpha value is -1.58. The molecule has 28 heavy (non-hydrogen) atoms. The topological polar surface area (TPSA) is 61.8 Å². The van der Waals surface area contributed by atoms with Gasteiger partial charge in [-0.25, -0.2) is 4.98 Å². The SMILES string of the molecule is CN=C(NCc1ccc(COC)cc1)NC1CCN(c2ncccc2Cl)C1.I. The fourth-order valence-electron chi connectivity index (χ4n) is 3.17. The van der Waals surface area contributed by atoms with E-state index in [1.807, 2.05) is 12.1 Å². The number of guanidine groups is 1. The second-order valence-electron chi connectivity index (χ2n) is 6.56. The number of halogens is 2. The predicted molar refractivity (Wildman–Crippen MR) is 126 cm³/mol. The minimum Gasteiger partial charge on any atom is -0.380 e. The molecule has 0 amide bonds. The zero-order valence-corrected chi connectivity index (χ0v) is 19.3. The van der Waals surface area contributed by atoms with Crippen LogP contribution in [0.15, 0.2) is 47.6 Å². The van der Waals surface area contributed by atoms with Crippen LogP contribution < -0.4 is 15.5 Å². The van der Waals surface area contributed by atoms with Crippen LogP contribution in [0.1, 0.15) is 17.5 Å². The number of anilines is 1. The number of benzene rings is 1. The number of rotatable bonds is 6. The molecule has 1 aromatic carbocycles. The predicted octanol–water partition coefficient (Wildman–Crippen LogP) is 3.44. The summed E-state index contributed by atoms with van der Waals surface area (Å²) < 4.78 is 5.14. The summed E-state index contributed by atoms with van der Waals surface area (Å²) in [7, 11) is 3.50. The number of nitrogens with zero attached hydrogens (tertiary/aromatic N) is 3. The van der Waals surface area contributed by atoms with Gasteiger partial charge in [-0.1, -0.05) is 35.9 Å². The second kappa shape index (κ2) is 11.4. The molecule has 1 fully saturated rings. The minimum atomic E-state index is 0. The molecule has 1 aliphatic heterocycles. The van der Waals surface area contributed by atoms with Crippen LogP contribution in [0.4, 0.5) is 5.82 Å². The Morgan fingerprint density at radius 2 is 2.04 bits per heavy atom. The highest BCUT2D eigenvalue weighted by Crippen LogP contribution is 2.25. The van der Waals surface area contributed by atoms with Crippen LogP contribution in [-0.4, -0.2) is 44.2 Å². The van der Waals surface area contributed by atoms with Gasteiger partial charge in [-0.2, -0.15) is 0 Å². The molecule has 0 aliphatic carbocycles. The number of hydrogen-bond donors (Lipinski definition) is 2. The van der Waals surface area contributed by atoms with Crippen molar-refractivity contribution < 1.29 is 4.74 Å². The van der Waals surface area contributed by atoms with Gasteiger partial charge in [-0.05, 0) is 29.7 Å². The third-order valence-electron chi connectivity index (χ3n) is 4.59. The maximum Gasteiger partial charge on any atom is 0.191 e. The van der Waals surface area contributed by atoms with E-state index in [2.05, 4.69) is 49.8 Å². The molecule has 152 valence electrons. The third-order valence-corrected chi connectivity index (χ3v) is 4.88. The molecule has 1 atom stereocenters. The van der Waals surface area contributed by atoms with Crippen LogP contribution in [-0.2, 0) is 17.9 Å². The number of methoxy groups -OCH3 is 1. The number of pyridine rings is 1. The first-order chi connectivity index (χ1) is 13.2. The van der Waals surface area contributed by atoms with Crippen molar-refractivity contribution in [3.63, 3.8) is 0 Å². The molecule has 0 radical (unpaired) electrons. The number of ether oxygens (including phenoxy) is 1. The van der Waals surface area contributed by atoms with E-state index in [-0.39, 0.29) is 24.0 Å². The summed E-state index contributed by atoms with van der Waals surface area (Å²) >= 11 is 6.26. The zero-order valence-electron chi connectivity index (χ0n) is 16.2. The molecule has 1 unspecified atom stereocenters. The van der Waals surface area contributed by atoms with Crippen LogP contribution in [0.5, 0.6) is 0 Å². The summed E-state index contributed by atoms with van der Waals surface area (Å²) in [6.45, 7) is 3.13. The largest absolute Gasteiger partial charge is 0.380 e. The molecule has 2 N–H and O–H groups in total. The molecule has 0 bridgehead atoms. The summed E-state index contributed by atoms with van der Waals surface area (Å²) in [5.41, 5.74) is 2.37. The zero-order chi connectivity index (χ0) is 19.1. The Bertz CT molecular complexity index is 771. The first-order valence-corrected chi connectivity index (χ1v) is 9.47. The van der Waals surface area contributed by atoms with E-state index in [4.69, 9.17) is 16.3 Å². The molecule has 1 aliphatic rings. The highest BCUT2D eigenvalue weighted by Gasteiger charge is 2.25. The first-order valence-electron chi connectivity index (χ1n) is 9.09. The van der Waals surface area contributed by atoms with E-state index in [1.54, 1.807) is 20.4 Å². The highest BCUT2D eigenvalue weighted by molar-refractivity contribution is 14.0. The summed E-state index contributed by atoms with van der Waals surface area (Å²) in [5.74, 6) is 1.65. The van der Waals surface area contributed by atoms with Crippen molar-refractivity contribution in [2.24, 2.45) is 4.99 Å². The average Bonchev–Trinajstić information content (AvgIpc) is 3.15. The molecule has 2 heterocycles. The van der Waals surface area contributed by atoms with Crippen molar-refractivity contribution in [3.8, 4) is 0 Å². The molecule has 6 nitrogen and oxygen atoms in total. The van der Waals surface area contributed by atoms with Gasteiger partial charge in [0, 0.05) is 46.0 Å². The Morgan fingerprint density at radius 3 is 2.71 bits per heavy atom. The molecule has 3 rings (SSSR count). The normalized spacial score (nSPS) is 16.6. The first kappa shape index (κ1) is 22.7. The van der Waals surface area contributed by atoms with Gasteiger partial charge in [0.2, 0.25) is 0 Å². The summed E-state index contributed by atoms with van der Waals surface area (Å²) in [4.78, 5) is 11.0. The summed E-state index contributed by atoms with van der Waals surface area (Å²) in [5, 5.41) is 7.56. The summed E-state index contributed by atoms with van der Waals surface area (Å²) in [6.07, 6.45) is 2.79. The highest BCUT2D eigenvalue weighted by atomic mass is 127. The van der Waals surface area contributed by atoms with Gasteiger partial charge in [0.1, 0.15) is 5.82 Å². The smallest absolute Gasteiger partial charge is 0.191 e. The summed E-state index contributed by atoms with van der Waals surface area (Å²) in [6, 6.07) is 12.4. The van der Waals surface area contributed by atoms with E-state index < -0.39 is 0 Å². The Labute approximate surface area is 188 Å². The monoisotopic (exact) mass is 515 g/mol. The van der Waals surface area contributed by atoms with Gasteiger partial charge >= 0.3 is 0 Å². The van der Waals surface area contributed by atoms with Gasteiger partial charge in [-0.15, -0.1) is 24.0 Å². The van der Waals surface area contributed by atoms with Gasteiger partial charge < -0.3 is 20.3 Å². The van der Waals surface area contributed by atoms with Crippen LogP contribution in [0, 0.1) is 0 Å².